The molecule has 1 aliphatic rings. The van der Waals surface area contributed by atoms with Crippen LogP contribution < -0.4 is 0 Å². The van der Waals surface area contributed by atoms with Crippen LogP contribution in [0.2, 0.25) is 5.15 Å². The number of cyclic esters (lactones) is 1. The number of halogens is 2. The number of rotatable bonds is 4. The molecule has 6 heteroatoms. The molecule has 0 aromatic carbocycles. The Morgan fingerprint density at radius 1 is 1.56 bits per heavy atom. The maximum absolute atomic E-state index is 12.3. The molecule has 0 spiro atoms. The van der Waals surface area contributed by atoms with Crippen molar-refractivity contribution < 1.29 is 13.9 Å². The van der Waals surface area contributed by atoms with Crippen LogP contribution in [0.1, 0.15) is 5.56 Å². The van der Waals surface area contributed by atoms with Gasteiger partial charge >= 0.3 is 5.97 Å². The average molecular weight is 269 g/mol. The number of pyridine rings is 1. The van der Waals surface area contributed by atoms with Gasteiger partial charge in [0.05, 0.1) is 5.70 Å². The van der Waals surface area contributed by atoms with Crippen LogP contribution in [0.3, 0.4) is 0 Å². The minimum Gasteiger partial charge on any atom is -0.456 e. The fourth-order valence-corrected chi connectivity index (χ4v) is 1.66. The zero-order valence-electron chi connectivity index (χ0n) is 9.35. The van der Waals surface area contributed by atoms with Gasteiger partial charge in [0.2, 0.25) is 0 Å². The number of aromatic nitrogens is 1. The maximum Gasteiger partial charge on any atom is 0.333 e. The first-order valence-corrected chi connectivity index (χ1v) is 5.58. The molecular formula is C12H10ClFN2O2. The van der Waals surface area contributed by atoms with Gasteiger partial charge in [-0.3, -0.25) is 0 Å². The Labute approximate surface area is 108 Å². The van der Waals surface area contributed by atoms with Crippen molar-refractivity contribution in [2.45, 2.75) is 6.54 Å². The highest BCUT2D eigenvalue weighted by molar-refractivity contribution is 6.29. The summed E-state index contributed by atoms with van der Waals surface area (Å²) in [4.78, 5) is 16.5. The van der Waals surface area contributed by atoms with Gasteiger partial charge in [0.15, 0.2) is 0 Å². The number of esters is 1. The van der Waals surface area contributed by atoms with E-state index >= 15 is 0 Å². The Morgan fingerprint density at radius 2 is 2.39 bits per heavy atom. The van der Waals surface area contributed by atoms with Crippen LogP contribution >= 0.6 is 11.6 Å². The van der Waals surface area contributed by atoms with Gasteiger partial charge in [0.25, 0.3) is 0 Å². The van der Waals surface area contributed by atoms with E-state index in [1.807, 2.05) is 0 Å². The Morgan fingerprint density at radius 3 is 2.94 bits per heavy atom. The van der Waals surface area contributed by atoms with Gasteiger partial charge < -0.3 is 9.64 Å². The molecule has 18 heavy (non-hydrogen) atoms. The second-order valence-electron chi connectivity index (χ2n) is 3.64. The molecule has 0 atom stereocenters. The normalized spacial score (nSPS) is 14.8. The lowest BCUT2D eigenvalue weighted by atomic mass is 10.2. The summed E-state index contributed by atoms with van der Waals surface area (Å²) in [5.74, 6) is -0.420. The molecule has 2 rings (SSSR count). The van der Waals surface area contributed by atoms with Gasteiger partial charge in [-0.1, -0.05) is 17.7 Å². The molecule has 2 heterocycles. The predicted molar refractivity (Wildman–Crippen MR) is 64.1 cm³/mol. The Balaban J connectivity index is 2.14. The molecule has 1 aromatic heterocycles. The van der Waals surface area contributed by atoms with Crippen molar-refractivity contribution in [2.24, 2.45) is 0 Å². The molecule has 0 fully saturated rings. The minimum atomic E-state index is -0.420. The lowest BCUT2D eigenvalue weighted by Gasteiger charge is -2.19. The molecular weight excluding hydrogens is 259 g/mol. The van der Waals surface area contributed by atoms with E-state index in [1.165, 1.54) is 12.3 Å². The van der Waals surface area contributed by atoms with Crippen molar-refractivity contribution >= 4 is 17.6 Å². The minimum absolute atomic E-state index is 0.143. The Hall–Kier alpha value is -1.88. The molecule has 0 saturated heterocycles. The van der Waals surface area contributed by atoms with E-state index in [9.17, 15) is 9.18 Å². The van der Waals surface area contributed by atoms with Crippen molar-refractivity contribution in [1.82, 2.24) is 9.88 Å². The third-order valence-electron chi connectivity index (χ3n) is 2.39. The molecule has 0 aliphatic carbocycles. The van der Waals surface area contributed by atoms with E-state index in [2.05, 4.69) is 4.98 Å². The van der Waals surface area contributed by atoms with E-state index in [4.69, 9.17) is 16.3 Å². The number of hydrogen-bond donors (Lipinski definition) is 0. The van der Waals surface area contributed by atoms with E-state index in [0.29, 0.717) is 23.7 Å². The standard InChI is InChI=1S/C12H10ClFN2O2/c13-11-2-1-9(6-15-11)7-16(4-3-14)10-5-12(17)18-8-10/h1-6H,7-8H2/b4-3+. The Bertz CT molecular complexity index is 499. The van der Waals surface area contributed by atoms with Crippen LogP contribution in [0.15, 0.2) is 42.6 Å². The molecule has 0 radical (unpaired) electrons. The summed E-state index contributed by atoms with van der Waals surface area (Å²) in [6.07, 6.45) is 4.58. The highest BCUT2D eigenvalue weighted by Gasteiger charge is 2.18. The maximum atomic E-state index is 12.3. The number of carbonyl (C=O) groups is 1. The summed E-state index contributed by atoms with van der Waals surface area (Å²) < 4.78 is 17.1. The highest BCUT2D eigenvalue weighted by atomic mass is 35.5. The number of hydrogen-bond acceptors (Lipinski definition) is 4. The predicted octanol–water partition coefficient (Wildman–Crippen LogP) is 2.42. The third kappa shape index (κ3) is 3.07. The molecule has 1 aromatic rings. The summed E-state index contributed by atoms with van der Waals surface area (Å²) in [5.41, 5.74) is 1.45. The van der Waals surface area contributed by atoms with Crippen molar-refractivity contribution in [3.8, 4) is 0 Å². The lowest BCUT2D eigenvalue weighted by Crippen LogP contribution is -2.17. The van der Waals surface area contributed by atoms with Gasteiger partial charge in [-0.15, -0.1) is 0 Å². The zero-order chi connectivity index (χ0) is 13.0. The first-order valence-electron chi connectivity index (χ1n) is 5.20. The SMILES string of the molecule is O=C1C=C(N(/C=C/F)Cc2ccc(Cl)nc2)CO1. The largest absolute Gasteiger partial charge is 0.456 e. The first-order chi connectivity index (χ1) is 8.69. The van der Waals surface area contributed by atoms with Crippen LogP contribution in [0.4, 0.5) is 4.39 Å². The lowest BCUT2D eigenvalue weighted by molar-refractivity contribution is -0.135. The van der Waals surface area contributed by atoms with Crippen LogP contribution in [0.5, 0.6) is 0 Å². The summed E-state index contributed by atoms with van der Waals surface area (Å²) in [6, 6.07) is 3.44. The van der Waals surface area contributed by atoms with Gasteiger partial charge in [0.1, 0.15) is 18.1 Å². The zero-order valence-corrected chi connectivity index (χ0v) is 10.1. The summed E-state index contributed by atoms with van der Waals surface area (Å²) in [6.45, 7) is 0.525. The average Bonchev–Trinajstić information content (AvgIpc) is 2.78. The highest BCUT2D eigenvalue weighted by Crippen LogP contribution is 2.17. The molecule has 0 N–H and O–H groups in total. The fraction of sp³-hybridized carbons (Fsp3) is 0.167. The molecule has 0 unspecified atom stereocenters. The monoisotopic (exact) mass is 268 g/mol. The summed E-state index contributed by atoms with van der Waals surface area (Å²) in [7, 11) is 0. The topological polar surface area (TPSA) is 42.4 Å². The number of ether oxygens (including phenoxy) is 1. The number of nitrogens with zero attached hydrogens (tertiary/aromatic N) is 2. The summed E-state index contributed by atoms with van der Waals surface area (Å²) in [5, 5.41) is 0.393. The van der Waals surface area contributed by atoms with E-state index in [1.54, 1.807) is 23.2 Å². The summed E-state index contributed by atoms with van der Waals surface area (Å²) >= 11 is 5.68. The van der Waals surface area contributed by atoms with E-state index in [0.717, 1.165) is 5.56 Å². The molecule has 1 aliphatic heterocycles. The Kier molecular flexibility index (Phi) is 3.94. The van der Waals surface area contributed by atoms with Gasteiger partial charge in [0, 0.05) is 25.0 Å². The van der Waals surface area contributed by atoms with Crippen LogP contribution in [-0.4, -0.2) is 22.5 Å². The first kappa shape index (κ1) is 12.6. The van der Waals surface area contributed by atoms with E-state index in [-0.39, 0.29) is 6.61 Å². The quantitative estimate of drug-likeness (QED) is 0.621. The van der Waals surface area contributed by atoms with Crippen LogP contribution in [0, 0.1) is 0 Å². The molecule has 94 valence electrons. The second-order valence-corrected chi connectivity index (χ2v) is 4.02. The second kappa shape index (κ2) is 5.64. The smallest absolute Gasteiger partial charge is 0.333 e. The molecule has 0 amide bonds. The van der Waals surface area contributed by atoms with Crippen LogP contribution in [0.25, 0.3) is 0 Å². The molecule has 0 bridgehead atoms. The third-order valence-corrected chi connectivity index (χ3v) is 2.62. The van der Waals surface area contributed by atoms with Crippen molar-refractivity contribution in [3.63, 3.8) is 0 Å². The van der Waals surface area contributed by atoms with Gasteiger partial charge in [-0.05, 0) is 11.6 Å². The van der Waals surface area contributed by atoms with Crippen molar-refractivity contribution in [1.29, 1.82) is 0 Å². The molecule has 0 saturated carbocycles. The van der Waals surface area contributed by atoms with Gasteiger partial charge in [-0.2, -0.15) is 0 Å². The van der Waals surface area contributed by atoms with Crippen molar-refractivity contribution in [3.05, 3.63) is 53.3 Å². The number of carbonyl (C=O) groups excluding carboxylic acids is 1. The fourth-order valence-electron chi connectivity index (χ4n) is 1.54. The van der Waals surface area contributed by atoms with E-state index < -0.39 is 5.97 Å². The molecule has 4 nitrogen and oxygen atoms in total. The van der Waals surface area contributed by atoms with Gasteiger partial charge in [-0.25, -0.2) is 14.2 Å². The van der Waals surface area contributed by atoms with Crippen LogP contribution in [-0.2, 0) is 16.1 Å². The van der Waals surface area contributed by atoms with Crippen molar-refractivity contribution in [2.75, 3.05) is 6.61 Å².